The summed E-state index contributed by atoms with van der Waals surface area (Å²) in [6.07, 6.45) is 0.785. The van der Waals surface area contributed by atoms with Crippen molar-refractivity contribution in [1.82, 2.24) is 14.3 Å². The van der Waals surface area contributed by atoms with Crippen LogP contribution in [0.15, 0.2) is 0 Å². The number of hydrogen-bond donors (Lipinski definition) is 2. The quantitative estimate of drug-likeness (QED) is 0.537. The lowest BCUT2D eigenvalue weighted by molar-refractivity contribution is 0.133. The average Bonchev–Trinajstić information content (AvgIpc) is 2.26. The van der Waals surface area contributed by atoms with Gasteiger partial charge in [-0.25, -0.2) is 0 Å². The van der Waals surface area contributed by atoms with Crippen LogP contribution in [0, 0.1) is 0 Å². The first-order chi connectivity index (χ1) is 7.94. The molecule has 0 aliphatic rings. The molecule has 0 radical (unpaired) electrons. The molecule has 0 fully saturated rings. The molecule has 0 aromatic carbocycles. The van der Waals surface area contributed by atoms with Gasteiger partial charge < -0.3 is 10.1 Å². The normalized spacial score (nSPS) is 14.2. The topological polar surface area (TPSA) is 70.7 Å². The average molecular weight is 267 g/mol. The summed E-state index contributed by atoms with van der Waals surface area (Å²) in [5.74, 6) is 0. The van der Waals surface area contributed by atoms with Gasteiger partial charge in [0, 0.05) is 26.2 Å². The molecule has 0 spiro atoms. The predicted molar refractivity (Wildman–Crippen MR) is 69.2 cm³/mol. The summed E-state index contributed by atoms with van der Waals surface area (Å²) in [7, 11) is 0.0241. The minimum absolute atomic E-state index is 0.216. The van der Waals surface area contributed by atoms with Crippen molar-refractivity contribution in [1.29, 1.82) is 0 Å². The number of rotatable bonds is 10. The minimum Gasteiger partial charge on any atom is -0.380 e. The Labute approximate surface area is 105 Å². The lowest BCUT2D eigenvalue weighted by atomic mass is 10.4. The van der Waals surface area contributed by atoms with Gasteiger partial charge in [0.05, 0.1) is 6.61 Å². The van der Waals surface area contributed by atoms with Gasteiger partial charge in [0.2, 0.25) is 0 Å². The molecule has 0 aliphatic heterocycles. The fraction of sp³-hybridized carbons (Fsp3) is 1.00. The SMILES string of the molecule is CCOCC(C)NS(=O)(=O)N(C)CCCNC. The molecule has 0 bridgehead atoms. The maximum absolute atomic E-state index is 11.8. The van der Waals surface area contributed by atoms with Crippen LogP contribution in [0.4, 0.5) is 0 Å². The van der Waals surface area contributed by atoms with Crippen LogP contribution in [-0.4, -0.2) is 59.2 Å². The summed E-state index contributed by atoms with van der Waals surface area (Å²) < 4.78 is 32.7. The zero-order valence-corrected chi connectivity index (χ0v) is 12.0. The standard InChI is InChI=1S/C10H25N3O3S/c1-5-16-9-10(2)12-17(14,15)13(4)8-6-7-11-3/h10-12H,5-9H2,1-4H3. The Balaban J connectivity index is 4.07. The third kappa shape index (κ3) is 7.67. The third-order valence-electron chi connectivity index (χ3n) is 2.23. The summed E-state index contributed by atoms with van der Waals surface area (Å²) in [4.78, 5) is 0. The highest BCUT2D eigenvalue weighted by Crippen LogP contribution is 1.98. The van der Waals surface area contributed by atoms with Crippen LogP contribution in [0.25, 0.3) is 0 Å². The van der Waals surface area contributed by atoms with E-state index in [1.165, 1.54) is 4.31 Å². The predicted octanol–water partition coefficient (Wildman–Crippen LogP) is -0.213. The number of hydrogen-bond acceptors (Lipinski definition) is 4. The van der Waals surface area contributed by atoms with Gasteiger partial charge in [0.15, 0.2) is 0 Å². The lowest BCUT2D eigenvalue weighted by Gasteiger charge is -2.20. The Kier molecular flexibility index (Phi) is 8.71. The molecule has 0 amide bonds. The molecule has 0 saturated carbocycles. The molecule has 17 heavy (non-hydrogen) atoms. The van der Waals surface area contributed by atoms with Crippen LogP contribution in [0.5, 0.6) is 0 Å². The zero-order valence-electron chi connectivity index (χ0n) is 11.2. The maximum atomic E-state index is 11.8. The molecule has 0 rings (SSSR count). The van der Waals surface area contributed by atoms with Gasteiger partial charge in [0.1, 0.15) is 0 Å². The molecule has 0 heterocycles. The van der Waals surface area contributed by atoms with Crippen LogP contribution in [0.3, 0.4) is 0 Å². The highest BCUT2D eigenvalue weighted by atomic mass is 32.2. The molecule has 1 atom stereocenters. The summed E-state index contributed by atoms with van der Waals surface area (Å²) in [6, 6.07) is -0.216. The Morgan fingerprint density at radius 1 is 1.41 bits per heavy atom. The van der Waals surface area contributed by atoms with Crippen LogP contribution in [0.1, 0.15) is 20.3 Å². The van der Waals surface area contributed by atoms with E-state index in [-0.39, 0.29) is 6.04 Å². The van der Waals surface area contributed by atoms with Crippen molar-refractivity contribution in [2.45, 2.75) is 26.3 Å². The molecule has 6 nitrogen and oxygen atoms in total. The van der Waals surface area contributed by atoms with Crippen molar-refractivity contribution in [3.8, 4) is 0 Å². The molecule has 0 saturated heterocycles. The largest absolute Gasteiger partial charge is 0.380 e. The molecular weight excluding hydrogens is 242 g/mol. The van der Waals surface area contributed by atoms with E-state index in [0.29, 0.717) is 19.8 Å². The summed E-state index contributed by atoms with van der Waals surface area (Å²) in [5.41, 5.74) is 0. The summed E-state index contributed by atoms with van der Waals surface area (Å²) in [5, 5.41) is 2.98. The zero-order chi connectivity index (χ0) is 13.3. The van der Waals surface area contributed by atoms with E-state index in [2.05, 4.69) is 10.0 Å². The van der Waals surface area contributed by atoms with Crippen molar-refractivity contribution < 1.29 is 13.2 Å². The van der Waals surface area contributed by atoms with Gasteiger partial charge in [-0.1, -0.05) is 0 Å². The van der Waals surface area contributed by atoms with Crippen molar-refractivity contribution in [3.63, 3.8) is 0 Å². The number of ether oxygens (including phenoxy) is 1. The van der Waals surface area contributed by atoms with E-state index in [9.17, 15) is 8.42 Å². The first kappa shape index (κ1) is 16.8. The fourth-order valence-corrected chi connectivity index (χ4v) is 2.40. The highest BCUT2D eigenvalue weighted by Gasteiger charge is 2.19. The molecule has 1 unspecified atom stereocenters. The van der Waals surface area contributed by atoms with Crippen LogP contribution < -0.4 is 10.0 Å². The molecule has 0 aromatic heterocycles. The van der Waals surface area contributed by atoms with Crippen molar-refractivity contribution >= 4 is 10.2 Å². The lowest BCUT2D eigenvalue weighted by Crippen LogP contribution is -2.44. The van der Waals surface area contributed by atoms with Gasteiger partial charge in [-0.15, -0.1) is 0 Å². The van der Waals surface area contributed by atoms with E-state index < -0.39 is 10.2 Å². The first-order valence-electron chi connectivity index (χ1n) is 5.90. The second-order valence-corrected chi connectivity index (χ2v) is 5.77. The van der Waals surface area contributed by atoms with E-state index in [1.807, 2.05) is 14.0 Å². The van der Waals surface area contributed by atoms with Crippen LogP contribution >= 0.6 is 0 Å². The molecule has 2 N–H and O–H groups in total. The number of nitrogens with one attached hydrogen (secondary N) is 2. The molecule has 7 heteroatoms. The van der Waals surface area contributed by atoms with E-state index in [4.69, 9.17) is 4.74 Å². The monoisotopic (exact) mass is 267 g/mol. The third-order valence-corrected chi connectivity index (χ3v) is 3.94. The van der Waals surface area contributed by atoms with Gasteiger partial charge in [-0.3, -0.25) is 0 Å². The Morgan fingerprint density at radius 3 is 2.59 bits per heavy atom. The van der Waals surface area contributed by atoms with Crippen molar-refractivity contribution in [2.24, 2.45) is 0 Å². The van der Waals surface area contributed by atoms with Gasteiger partial charge in [-0.2, -0.15) is 17.4 Å². The van der Waals surface area contributed by atoms with Crippen molar-refractivity contribution in [2.75, 3.05) is 40.4 Å². The Morgan fingerprint density at radius 2 is 2.06 bits per heavy atom. The first-order valence-corrected chi connectivity index (χ1v) is 7.34. The number of nitrogens with zero attached hydrogens (tertiary/aromatic N) is 1. The summed E-state index contributed by atoms with van der Waals surface area (Å²) in [6.45, 7) is 5.94. The van der Waals surface area contributed by atoms with Gasteiger partial charge in [0.25, 0.3) is 10.2 Å². The Hall–Kier alpha value is -0.210. The molecule has 0 aliphatic carbocycles. The molecular formula is C10H25N3O3S. The van der Waals surface area contributed by atoms with Crippen LogP contribution in [0.2, 0.25) is 0 Å². The second-order valence-electron chi connectivity index (χ2n) is 3.96. The van der Waals surface area contributed by atoms with E-state index in [1.54, 1.807) is 14.0 Å². The molecule has 0 aromatic rings. The molecule has 104 valence electrons. The van der Waals surface area contributed by atoms with Gasteiger partial charge >= 0.3 is 0 Å². The maximum Gasteiger partial charge on any atom is 0.279 e. The second kappa shape index (κ2) is 8.82. The van der Waals surface area contributed by atoms with E-state index in [0.717, 1.165) is 13.0 Å². The van der Waals surface area contributed by atoms with Crippen LogP contribution in [-0.2, 0) is 14.9 Å². The Bertz CT molecular complexity index is 283. The van der Waals surface area contributed by atoms with Gasteiger partial charge in [-0.05, 0) is 33.9 Å². The summed E-state index contributed by atoms with van der Waals surface area (Å²) >= 11 is 0. The smallest absolute Gasteiger partial charge is 0.279 e. The fourth-order valence-electron chi connectivity index (χ4n) is 1.27. The minimum atomic E-state index is -3.39. The highest BCUT2D eigenvalue weighted by molar-refractivity contribution is 7.87. The van der Waals surface area contributed by atoms with Crippen molar-refractivity contribution in [3.05, 3.63) is 0 Å². The van der Waals surface area contributed by atoms with E-state index >= 15 is 0 Å².